The molecule has 0 aliphatic rings. The van der Waals surface area contributed by atoms with Crippen LogP contribution in [0.1, 0.15) is 36.8 Å². The molecule has 1 heterocycles. The topological polar surface area (TPSA) is 53.1 Å². The fourth-order valence-corrected chi connectivity index (χ4v) is 2.15. The zero-order chi connectivity index (χ0) is 14.7. The number of benzene rings is 1. The Hall–Kier alpha value is -1.88. The van der Waals surface area contributed by atoms with E-state index in [0.717, 1.165) is 23.5 Å². The summed E-state index contributed by atoms with van der Waals surface area (Å²) in [5, 5.41) is 4.35. The molecule has 2 rings (SSSR count). The van der Waals surface area contributed by atoms with Gasteiger partial charge in [0.15, 0.2) is 0 Å². The fourth-order valence-electron chi connectivity index (χ4n) is 2.15. The van der Waals surface area contributed by atoms with E-state index >= 15 is 0 Å². The molecule has 0 spiro atoms. The lowest BCUT2D eigenvalue weighted by atomic mass is 10.1. The van der Waals surface area contributed by atoms with Gasteiger partial charge < -0.3 is 10.5 Å². The number of ether oxygens (including phenoxy) is 1. The van der Waals surface area contributed by atoms with Crippen molar-refractivity contribution >= 4 is 0 Å². The summed E-state index contributed by atoms with van der Waals surface area (Å²) in [4.78, 5) is 0. The second kappa shape index (κ2) is 6.05. The van der Waals surface area contributed by atoms with Gasteiger partial charge in [-0.25, -0.2) is 4.39 Å². The maximum absolute atomic E-state index is 13.3. The van der Waals surface area contributed by atoms with Crippen LogP contribution in [0.2, 0.25) is 0 Å². The molecule has 0 radical (unpaired) electrons. The van der Waals surface area contributed by atoms with Crippen molar-refractivity contribution in [3.8, 4) is 5.75 Å². The van der Waals surface area contributed by atoms with Crippen LogP contribution >= 0.6 is 0 Å². The molecule has 0 amide bonds. The molecule has 1 aromatic carbocycles. The summed E-state index contributed by atoms with van der Waals surface area (Å²) >= 11 is 0. The van der Waals surface area contributed by atoms with Gasteiger partial charge in [0.1, 0.15) is 18.2 Å². The molecule has 2 N–H and O–H groups in total. The number of hydrogen-bond donors (Lipinski definition) is 1. The Morgan fingerprint density at radius 2 is 2.15 bits per heavy atom. The van der Waals surface area contributed by atoms with Gasteiger partial charge in [-0.3, -0.25) is 4.68 Å². The maximum Gasteiger partial charge on any atom is 0.130 e. The van der Waals surface area contributed by atoms with Gasteiger partial charge in [0.25, 0.3) is 0 Å². The van der Waals surface area contributed by atoms with E-state index in [1.165, 1.54) is 12.1 Å². The Morgan fingerprint density at radius 3 is 2.80 bits per heavy atom. The van der Waals surface area contributed by atoms with Gasteiger partial charge >= 0.3 is 0 Å². The largest absolute Gasteiger partial charge is 0.487 e. The third-order valence-corrected chi connectivity index (χ3v) is 3.13. The summed E-state index contributed by atoms with van der Waals surface area (Å²) in [6, 6.07) is 6.19. The highest BCUT2D eigenvalue weighted by Gasteiger charge is 2.11. The number of aromatic nitrogens is 2. The van der Waals surface area contributed by atoms with Crippen LogP contribution in [-0.4, -0.2) is 9.78 Å². The average Bonchev–Trinajstić information content (AvgIpc) is 2.76. The molecule has 4 nitrogen and oxygen atoms in total. The Bertz CT molecular complexity index is 593. The van der Waals surface area contributed by atoms with Crippen LogP contribution in [0.25, 0.3) is 0 Å². The van der Waals surface area contributed by atoms with Gasteiger partial charge in [-0.15, -0.1) is 0 Å². The van der Waals surface area contributed by atoms with Crippen LogP contribution in [0.15, 0.2) is 24.3 Å². The third kappa shape index (κ3) is 3.17. The minimum Gasteiger partial charge on any atom is -0.487 e. The number of nitrogens with two attached hydrogens (primary N) is 1. The summed E-state index contributed by atoms with van der Waals surface area (Å²) in [7, 11) is 0. The summed E-state index contributed by atoms with van der Waals surface area (Å²) in [5.74, 6) is 0.158. The van der Waals surface area contributed by atoms with Crippen LogP contribution in [-0.2, 0) is 13.2 Å². The van der Waals surface area contributed by atoms with Crippen molar-refractivity contribution in [2.45, 2.75) is 40.0 Å². The molecule has 1 atom stereocenters. The lowest BCUT2D eigenvalue weighted by Gasteiger charge is -2.14. The van der Waals surface area contributed by atoms with E-state index in [4.69, 9.17) is 10.5 Å². The van der Waals surface area contributed by atoms with Gasteiger partial charge in [-0.05, 0) is 32.9 Å². The number of hydrogen-bond acceptors (Lipinski definition) is 3. The van der Waals surface area contributed by atoms with Crippen molar-refractivity contribution in [3.05, 3.63) is 47.0 Å². The number of nitrogens with zero attached hydrogens (tertiary/aromatic N) is 2. The standard InChI is InChI=1S/C15H20FN3O/c1-4-19-13(7-10(2)18-19)9-20-15-8-12(16)5-6-14(15)11(3)17/h5-8,11H,4,9,17H2,1-3H3/t11-/m1/s1. The van der Waals surface area contributed by atoms with E-state index in [9.17, 15) is 4.39 Å². The quantitative estimate of drug-likeness (QED) is 0.914. The van der Waals surface area contributed by atoms with Crippen molar-refractivity contribution < 1.29 is 9.13 Å². The Balaban J connectivity index is 2.20. The van der Waals surface area contributed by atoms with Gasteiger partial charge in [0.05, 0.1) is 11.4 Å². The summed E-state index contributed by atoms with van der Waals surface area (Å²) < 4.78 is 21.0. The molecule has 2 aromatic rings. The van der Waals surface area contributed by atoms with Crippen LogP contribution in [0, 0.1) is 12.7 Å². The molecule has 0 saturated carbocycles. The molecule has 0 fully saturated rings. The molecule has 0 aliphatic heterocycles. The minimum atomic E-state index is -0.329. The third-order valence-electron chi connectivity index (χ3n) is 3.13. The van der Waals surface area contributed by atoms with E-state index in [0.29, 0.717) is 12.4 Å². The van der Waals surface area contributed by atoms with Gasteiger partial charge in [-0.2, -0.15) is 5.10 Å². The van der Waals surface area contributed by atoms with Crippen molar-refractivity contribution in [1.82, 2.24) is 9.78 Å². The van der Waals surface area contributed by atoms with Gasteiger partial charge in [0.2, 0.25) is 0 Å². The SMILES string of the molecule is CCn1nc(C)cc1COc1cc(F)ccc1[C@@H](C)N. The van der Waals surface area contributed by atoms with E-state index < -0.39 is 0 Å². The molecule has 0 bridgehead atoms. The first kappa shape index (κ1) is 14.5. The molecule has 108 valence electrons. The first-order valence-electron chi connectivity index (χ1n) is 6.72. The Kier molecular flexibility index (Phi) is 4.39. The fraction of sp³-hybridized carbons (Fsp3) is 0.400. The Morgan fingerprint density at radius 1 is 1.40 bits per heavy atom. The summed E-state index contributed by atoms with van der Waals surface area (Å²) in [5.41, 5.74) is 8.58. The monoisotopic (exact) mass is 277 g/mol. The number of aryl methyl sites for hydroxylation is 2. The van der Waals surface area contributed by atoms with E-state index in [1.807, 2.05) is 31.5 Å². The van der Waals surface area contributed by atoms with Crippen molar-refractivity contribution in [3.63, 3.8) is 0 Å². The molecule has 5 heteroatoms. The highest BCUT2D eigenvalue weighted by Crippen LogP contribution is 2.25. The van der Waals surface area contributed by atoms with Gasteiger partial charge in [0, 0.05) is 24.2 Å². The predicted octanol–water partition coefficient (Wildman–Crippen LogP) is 2.95. The predicted molar refractivity (Wildman–Crippen MR) is 76.0 cm³/mol. The van der Waals surface area contributed by atoms with Crippen LogP contribution < -0.4 is 10.5 Å². The van der Waals surface area contributed by atoms with E-state index in [-0.39, 0.29) is 11.9 Å². The zero-order valence-electron chi connectivity index (χ0n) is 12.1. The first-order valence-corrected chi connectivity index (χ1v) is 6.72. The lowest BCUT2D eigenvalue weighted by Crippen LogP contribution is -2.10. The molecule has 0 saturated heterocycles. The highest BCUT2D eigenvalue weighted by molar-refractivity contribution is 5.36. The molecular weight excluding hydrogens is 257 g/mol. The minimum absolute atomic E-state index is 0.205. The normalized spacial score (nSPS) is 12.4. The van der Waals surface area contributed by atoms with Crippen LogP contribution in [0.5, 0.6) is 5.75 Å². The van der Waals surface area contributed by atoms with E-state index in [2.05, 4.69) is 5.10 Å². The van der Waals surface area contributed by atoms with Crippen molar-refractivity contribution in [2.24, 2.45) is 5.73 Å². The second-order valence-corrected chi connectivity index (χ2v) is 4.85. The average molecular weight is 277 g/mol. The number of halogens is 1. The lowest BCUT2D eigenvalue weighted by molar-refractivity contribution is 0.287. The molecule has 0 aliphatic carbocycles. The van der Waals surface area contributed by atoms with Crippen LogP contribution in [0.4, 0.5) is 4.39 Å². The Labute approximate surface area is 118 Å². The summed E-state index contributed by atoms with van der Waals surface area (Å²) in [6.45, 7) is 6.92. The van der Waals surface area contributed by atoms with Crippen molar-refractivity contribution in [1.29, 1.82) is 0 Å². The molecule has 20 heavy (non-hydrogen) atoms. The van der Waals surface area contributed by atoms with E-state index in [1.54, 1.807) is 6.07 Å². The smallest absolute Gasteiger partial charge is 0.130 e. The summed E-state index contributed by atoms with van der Waals surface area (Å²) in [6.07, 6.45) is 0. The number of rotatable bonds is 5. The first-order chi connectivity index (χ1) is 9.51. The maximum atomic E-state index is 13.3. The van der Waals surface area contributed by atoms with Crippen molar-refractivity contribution in [2.75, 3.05) is 0 Å². The highest BCUT2D eigenvalue weighted by atomic mass is 19.1. The van der Waals surface area contributed by atoms with Gasteiger partial charge in [-0.1, -0.05) is 6.07 Å². The molecule has 1 aromatic heterocycles. The van der Waals surface area contributed by atoms with Crippen LogP contribution in [0.3, 0.4) is 0 Å². The zero-order valence-corrected chi connectivity index (χ0v) is 12.1. The molecule has 0 unspecified atom stereocenters. The molecular formula is C15H20FN3O. The second-order valence-electron chi connectivity index (χ2n) is 4.85.